The molecule has 0 unspecified atom stereocenters. The Morgan fingerprint density at radius 3 is 2.42 bits per heavy atom. The summed E-state index contributed by atoms with van der Waals surface area (Å²) >= 11 is 0. The van der Waals surface area contributed by atoms with E-state index in [1.54, 1.807) is 6.07 Å². The molecule has 0 aromatic heterocycles. The number of halogens is 1. The molecule has 1 aromatic rings. The standard InChI is InChI=1S/C15H22FNO2/c16-14-11-13(12-18)7-8-15(14)19-10-6-4-2-1-3-5-9-17/h7-8,11-12H,1-6,9-10,17H2. The normalized spacial score (nSPS) is 10.4. The van der Waals surface area contributed by atoms with Crippen LogP contribution in [0.15, 0.2) is 18.2 Å². The van der Waals surface area contributed by atoms with Crippen LogP contribution in [-0.4, -0.2) is 19.4 Å². The zero-order valence-electron chi connectivity index (χ0n) is 11.2. The molecule has 0 saturated carbocycles. The smallest absolute Gasteiger partial charge is 0.165 e. The number of aldehydes is 1. The third-order valence-electron chi connectivity index (χ3n) is 2.95. The van der Waals surface area contributed by atoms with E-state index < -0.39 is 5.82 Å². The van der Waals surface area contributed by atoms with Crippen LogP contribution in [0.5, 0.6) is 5.75 Å². The fraction of sp³-hybridized carbons (Fsp3) is 0.533. The molecule has 106 valence electrons. The molecule has 1 rings (SSSR count). The molecule has 0 aliphatic carbocycles. The van der Waals surface area contributed by atoms with E-state index in [4.69, 9.17) is 10.5 Å². The van der Waals surface area contributed by atoms with Crippen LogP contribution in [-0.2, 0) is 0 Å². The van der Waals surface area contributed by atoms with E-state index in [9.17, 15) is 9.18 Å². The molecule has 0 radical (unpaired) electrons. The van der Waals surface area contributed by atoms with Gasteiger partial charge in [-0.2, -0.15) is 0 Å². The van der Waals surface area contributed by atoms with E-state index in [0.29, 0.717) is 18.5 Å². The Balaban J connectivity index is 2.14. The van der Waals surface area contributed by atoms with Gasteiger partial charge in [-0.1, -0.05) is 25.7 Å². The maximum Gasteiger partial charge on any atom is 0.165 e. The van der Waals surface area contributed by atoms with Crippen molar-refractivity contribution in [3.8, 4) is 5.75 Å². The number of carbonyl (C=O) groups excluding carboxylic acids is 1. The van der Waals surface area contributed by atoms with Gasteiger partial charge in [-0.15, -0.1) is 0 Å². The van der Waals surface area contributed by atoms with Gasteiger partial charge >= 0.3 is 0 Å². The van der Waals surface area contributed by atoms with Gasteiger partial charge in [0.05, 0.1) is 6.61 Å². The summed E-state index contributed by atoms with van der Waals surface area (Å²) in [6, 6.07) is 4.24. The lowest BCUT2D eigenvalue weighted by atomic mass is 10.1. The van der Waals surface area contributed by atoms with Crippen LogP contribution in [0.3, 0.4) is 0 Å². The molecular formula is C15H22FNO2. The molecule has 0 saturated heterocycles. The van der Waals surface area contributed by atoms with Gasteiger partial charge in [0.2, 0.25) is 0 Å². The summed E-state index contributed by atoms with van der Waals surface area (Å²) < 4.78 is 18.8. The minimum atomic E-state index is -0.479. The second kappa shape index (κ2) is 9.50. The predicted molar refractivity (Wildman–Crippen MR) is 74.0 cm³/mol. The largest absolute Gasteiger partial charge is 0.491 e. The summed E-state index contributed by atoms with van der Waals surface area (Å²) in [5.74, 6) is -0.263. The Bertz CT molecular complexity index is 382. The number of carbonyl (C=O) groups is 1. The summed E-state index contributed by atoms with van der Waals surface area (Å²) in [6.07, 6.45) is 7.24. The molecule has 0 aliphatic heterocycles. The van der Waals surface area contributed by atoms with Crippen molar-refractivity contribution in [3.05, 3.63) is 29.6 Å². The summed E-state index contributed by atoms with van der Waals surface area (Å²) in [6.45, 7) is 1.27. The molecular weight excluding hydrogens is 245 g/mol. The van der Waals surface area contributed by atoms with Gasteiger partial charge in [-0.05, 0) is 37.6 Å². The Hall–Kier alpha value is -1.42. The Kier molecular flexibility index (Phi) is 7.82. The zero-order chi connectivity index (χ0) is 13.9. The fourth-order valence-corrected chi connectivity index (χ4v) is 1.84. The van der Waals surface area contributed by atoms with Crippen LogP contribution in [0, 0.1) is 5.82 Å². The lowest BCUT2D eigenvalue weighted by Crippen LogP contribution is -2.00. The first-order valence-electron chi connectivity index (χ1n) is 6.85. The van der Waals surface area contributed by atoms with Crippen molar-refractivity contribution in [2.75, 3.05) is 13.2 Å². The maximum atomic E-state index is 13.5. The molecule has 2 N–H and O–H groups in total. The highest BCUT2D eigenvalue weighted by Crippen LogP contribution is 2.18. The van der Waals surface area contributed by atoms with Gasteiger partial charge in [0.25, 0.3) is 0 Å². The number of unbranched alkanes of at least 4 members (excludes halogenated alkanes) is 5. The lowest BCUT2D eigenvalue weighted by molar-refractivity contribution is 0.112. The molecule has 0 aliphatic rings. The van der Waals surface area contributed by atoms with Crippen molar-refractivity contribution < 1.29 is 13.9 Å². The summed E-state index contributed by atoms with van der Waals surface area (Å²) in [7, 11) is 0. The van der Waals surface area contributed by atoms with Crippen molar-refractivity contribution in [3.63, 3.8) is 0 Å². The number of ether oxygens (including phenoxy) is 1. The van der Waals surface area contributed by atoms with Crippen LogP contribution < -0.4 is 10.5 Å². The first kappa shape index (κ1) is 15.6. The number of nitrogens with two attached hydrogens (primary N) is 1. The van der Waals surface area contributed by atoms with Crippen LogP contribution in [0.25, 0.3) is 0 Å². The molecule has 3 nitrogen and oxygen atoms in total. The van der Waals surface area contributed by atoms with Crippen LogP contribution in [0.1, 0.15) is 48.9 Å². The average molecular weight is 267 g/mol. The average Bonchev–Trinajstić information content (AvgIpc) is 2.43. The third-order valence-corrected chi connectivity index (χ3v) is 2.95. The minimum Gasteiger partial charge on any atom is -0.491 e. The van der Waals surface area contributed by atoms with Crippen molar-refractivity contribution in [1.82, 2.24) is 0 Å². The van der Waals surface area contributed by atoms with Crippen LogP contribution >= 0.6 is 0 Å². The summed E-state index contributed by atoms with van der Waals surface area (Å²) in [4.78, 5) is 10.5. The molecule has 0 atom stereocenters. The molecule has 0 heterocycles. The fourth-order valence-electron chi connectivity index (χ4n) is 1.84. The van der Waals surface area contributed by atoms with E-state index in [-0.39, 0.29) is 5.75 Å². The monoisotopic (exact) mass is 267 g/mol. The third kappa shape index (κ3) is 6.34. The second-order valence-corrected chi connectivity index (χ2v) is 4.57. The van der Waals surface area contributed by atoms with E-state index in [2.05, 4.69) is 0 Å². The number of rotatable bonds is 10. The van der Waals surface area contributed by atoms with Crippen molar-refractivity contribution in [2.24, 2.45) is 5.73 Å². The summed E-state index contributed by atoms with van der Waals surface area (Å²) in [5, 5.41) is 0. The highest BCUT2D eigenvalue weighted by molar-refractivity contribution is 5.74. The Labute approximate surface area is 113 Å². The molecule has 0 bridgehead atoms. The quantitative estimate of drug-likeness (QED) is 0.522. The summed E-state index contributed by atoms with van der Waals surface area (Å²) in [5.41, 5.74) is 5.74. The van der Waals surface area contributed by atoms with Crippen molar-refractivity contribution >= 4 is 6.29 Å². The zero-order valence-corrected chi connectivity index (χ0v) is 11.2. The van der Waals surface area contributed by atoms with E-state index in [0.717, 1.165) is 32.2 Å². The molecule has 4 heteroatoms. The SMILES string of the molecule is NCCCCCCCCOc1ccc(C=O)cc1F. The first-order chi connectivity index (χ1) is 9.27. The number of benzene rings is 1. The van der Waals surface area contributed by atoms with Gasteiger partial charge in [0, 0.05) is 5.56 Å². The van der Waals surface area contributed by atoms with Crippen LogP contribution in [0.4, 0.5) is 4.39 Å². The maximum absolute atomic E-state index is 13.5. The van der Waals surface area contributed by atoms with E-state index >= 15 is 0 Å². The minimum absolute atomic E-state index is 0.216. The Morgan fingerprint density at radius 2 is 1.79 bits per heavy atom. The molecule has 1 aromatic carbocycles. The van der Waals surface area contributed by atoms with Crippen molar-refractivity contribution in [1.29, 1.82) is 0 Å². The van der Waals surface area contributed by atoms with Gasteiger partial charge in [0.1, 0.15) is 6.29 Å². The molecule has 0 fully saturated rings. The topological polar surface area (TPSA) is 52.3 Å². The van der Waals surface area contributed by atoms with Crippen LogP contribution in [0.2, 0.25) is 0 Å². The van der Waals surface area contributed by atoms with Gasteiger partial charge in [-0.3, -0.25) is 4.79 Å². The van der Waals surface area contributed by atoms with E-state index in [1.165, 1.54) is 25.0 Å². The predicted octanol–water partition coefficient (Wildman–Crippen LogP) is 3.32. The number of hydrogen-bond acceptors (Lipinski definition) is 3. The molecule has 19 heavy (non-hydrogen) atoms. The van der Waals surface area contributed by atoms with Gasteiger partial charge in [0.15, 0.2) is 11.6 Å². The molecule has 0 amide bonds. The van der Waals surface area contributed by atoms with Gasteiger partial charge < -0.3 is 10.5 Å². The molecule has 0 spiro atoms. The second-order valence-electron chi connectivity index (χ2n) is 4.57. The number of hydrogen-bond donors (Lipinski definition) is 1. The first-order valence-corrected chi connectivity index (χ1v) is 6.85. The highest BCUT2D eigenvalue weighted by atomic mass is 19.1. The van der Waals surface area contributed by atoms with E-state index in [1.807, 2.05) is 0 Å². The lowest BCUT2D eigenvalue weighted by Gasteiger charge is -2.07. The van der Waals surface area contributed by atoms with Gasteiger partial charge in [-0.25, -0.2) is 4.39 Å². The Morgan fingerprint density at radius 1 is 1.11 bits per heavy atom. The highest BCUT2D eigenvalue weighted by Gasteiger charge is 2.04. The van der Waals surface area contributed by atoms with Crippen molar-refractivity contribution in [2.45, 2.75) is 38.5 Å².